The number of anilines is 1. The average Bonchev–Trinajstić information content (AvgIpc) is 3.22. The summed E-state index contributed by atoms with van der Waals surface area (Å²) in [7, 11) is 0. The van der Waals surface area contributed by atoms with Gasteiger partial charge in [0.2, 0.25) is 0 Å². The van der Waals surface area contributed by atoms with Crippen LogP contribution in [-0.4, -0.2) is 47.4 Å². The van der Waals surface area contributed by atoms with Crippen LogP contribution in [-0.2, 0) is 19.1 Å². The lowest BCUT2D eigenvalue weighted by molar-refractivity contribution is -0.147. The van der Waals surface area contributed by atoms with E-state index in [1.165, 1.54) is 4.90 Å². The third-order valence-corrected chi connectivity index (χ3v) is 5.17. The van der Waals surface area contributed by atoms with Crippen molar-refractivity contribution in [3.05, 3.63) is 29.8 Å². The van der Waals surface area contributed by atoms with E-state index in [9.17, 15) is 19.2 Å². The predicted octanol–water partition coefficient (Wildman–Crippen LogP) is 2.12. The van der Waals surface area contributed by atoms with E-state index in [-0.39, 0.29) is 25.5 Å². The number of amides is 4. The third-order valence-electron chi connectivity index (χ3n) is 5.17. The van der Waals surface area contributed by atoms with Gasteiger partial charge in [-0.3, -0.25) is 19.3 Å². The van der Waals surface area contributed by atoms with Crippen LogP contribution < -0.4 is 10.6 Å². The molecule has 4 amide bonds. The number of carbonyl (C=O) groups excluding carboxylic acids is 4. The van der Waals surface area contributed by atoms with Crippen molar-refractivity contribution in [2.24, 2.45) is 0 Å². The van der Waals surface area contributed by atoms with Gasteiger partial charge >= 0.3 is 12.0 Å². The molecule has 8 nitrogen and oxygen atoms in total. The molecule has 0 bridgehead atoms. The number of hydrogen-bond donors (Lipinski definition) is 2. The minimum absolute atomic E-state index is 0.0296. The zero-order valence-electron chi connectivity index (χ0n) is 16.0. The first kappa shape index (κ1) is 19.9. The number of benzene rings is 1. The first-order valence-electron chi connectivity index (χ1n) is 9.56. The van der Waals surface area contributed by atoms with Gasteiger partial charge < -0.3 is 15.4 Å². The smallest absolute Gasteiger partial charge is 0.325 e. The number of nitrogens with one attached hydrogen (secondary N) is 2. The van der Waals surface area contributed by atoms with Gasteiger partial charge in [-0.2, -0.15) is 0 Å². The topological polar surface area (TPSA) is 105 Å². The van der Waals surface area contributed by atoms with Crippen LogP contribution in [0, 0.1) is 6.92 Å². The maximum absolute atomic E-state index is 12.5. The molecule has 2 aliphatic rings. The predicted molar refractivity (Wildman–Crippen MR) is 101 cm³/mol. The van der Waals surface area contributed by atoms with Crippen molar-refractivity contribution in [1.82, 2.24) is 10.2 Å². The maximum atomic E-state index is 12.5. The number of ether oxygens (including phenoxy) is 1. The van der Waals surface area contributed by atoms with E-state index >= 15 is 0 Å². The van der Waals surface area contributed by atoms with Crippen molar-refractivity contribution >= 4 is 29.5 Å². The van der Waals surface area contributed by atoms with E-state index in [0.717, 1.165) is 18.4 Å². The Morgan fingerprint density at radius 3 is 2.54 bits per heavy atom. The van der Waals surface area contributed by atoms with E-state index in [2.05, 4.69) is 10.6 Å². The molecule has 1 spiro atoms. The maximum Gasteiger partial charge on any atom is 0.325 e. The molecule has 1 aromatic rings. The molecule has 0 unspecified atom stereocenters. The second-order valence-electron chi connectivity index (χ2n) is 7.35. The minimum Gasteiger partial charge on any atom is -0.456 e. The molecule has 2 fully saturated rings. The molecule has 0 atom stereocenters. The number of rotatable bonds is 7. The molecule has 8 heteroatoms. The summed E-state index contributed by atoms with van der Waals surface area (Å²) in [6, 6.07) is 6.88. The molecular formula is C20H25N3O5. The molecular weight excluding hydrogens is 362 g/mol. The second-order valence-corrected chi connectivity index (χ2v) is 7.35. The standard InChI is InChI=1S/C20H25N3O5/c1-14-6-8-15(9-7-14)21-16(24)13-28-17(25)5-4-12-23-18(26)20(22-19(23)27)10-2-3-11-20/h6-9H,2-5,10-13H2,1H3,(H,21,24)(H,22,27). The largest absolute Gasteiger partial charge is 0.456 e. The Labute approximate surface area is 163 Å². The highest BCUT2D eigenvalue weighted by Crippen LogP contribution is 2.35. The number of esters is 1. The van der Waals surface area contributed by atoms with Crippen molar-refractivity contribution in [1.29, 1.82) is 0 Å². The van der Waals surface area contributed by atoms with Gasteiger partial charge in [0.15, 0.2) is 6.61 Å². The van der Waals surface area contributed by atoms with Gasteiger partial charge in [0, 0.05) is 18.7 Å². The van der Waals surface area contributed by atoms with Crippen LogP contribution in [0.5, 0.6) is 0 Å². The highest BCUT2D eigenvalue weighted by Gasteiger charge is 2.52. The van der Waals surface area contributed by atoms with Crippen LogP contribution in [0.1, 0.15) is 44.1 Å². The quantitative estimate of drug-likeness (QED) is 0.551. The zero-order valence-corrected chi connectivity index (χ0v) is 16.0. The van der Waals surface area contributed by atoms with Gasteiger partial charge in [-0.1, -0.05) is 30.5 Å². The number of carbonyl (C=O) groups is 4. The second kappa shape index (κ2) is 8.41. The fraction of sp³-hybridized carbons (Fsp3) is 0.500. The summed E-state index contributed by atoms with van der Waals surface area (Å²) < 4.78 is 4.96. The van der Waals surface area contributed by atoms with Crippen molar-refractivity contribution in [2.75, 3.05) is 18.5 Å². The Bertz CT molecular complexity index is 769. The lowest BCUT2D eigenvalue weighted by atomic mass is 9.98. The average molecular weight is 387 g/mol. The molecule has 1 aliphatic heterocycles. The van der Waals surface area contributed by atoms with E-state index in [4.69, 9.17) is 4.74 Å². The summed E-state index contributed by atoms with van der Waals surface area (Å²) in [4.78, 5) is 49.4. The van der Waals surface area contributed by atoms with Crippen LogP contribution in [0.15, 0.2) is 24.3 Å². The Balaban J connectivity index is 1.36. The molecule has 0 aromatic heterocycles. The van der Waals surface area contributed by atoms with E-state index in [1.54, 1.807) is 12.1 Å². The first-order chi connectivity index (χ1) is 13.4. The SMILES string of the molecule is Cc1ccc(NC(=O)COC(=O)CCCN2C(=O)NC3(CCCC3)C2=O)cc1. The Kier molecular flexibility index (Phi) is 5.96. The normalized spacial score (nSPS) is 17.7. The van der Waals surface area contributed by atoms with Crippen LogP contribution >= 0.6 is 0 Å². The Morgan fingerprint density at radius 2 is 1.86 bits per heavy atom. The van der Waals surface area contributed by atoms with Gasteiger partial charge in [-0.25, -0.2) is 4.79 Å². The van der Waals surface area contributed by atoms with Crippen molar-refractivity contribution in [3.8, 4) is 0 Å². The van der Waals surface area contributed by atoms with E-state index in [0.29, 0.717) is 24.9 Å². The monoisotopic (exact) mass is 387 g/mol. The summed E-state index contributed by atoms with van der Waals surface area (Å²) in [5.74, 6) is -1.16. The van der Waals surface area contributed by atoms with E-state index in [1.807, 2.05) is 19.1 Å². The van der Waals surface area contributed by atoms with Crippen molar-refractivity contribution in [2.45, 2.75) is 51.0 Å². The molecule has 1 saturated carbocycles. The summed E-state index contributed by atoms with van der Waals surface area (Å²) in [5.41, 5.74) is 0.977. The van der Waals surface area contributed by atoms with Crippen molar-refractivity contribution < 1.29 is 23.9 Å². The fourth-order valence-electron chi connectivity index (χ4n) is 3.63. The summed E-state index contributed by atoms with van der Waals surface area (Å²) in [6.07, 6.45) is 3.53. The zero-order chi connectivity index (χ0) is 20.1. The van der Waals surface area contributed by atoms with Gasteiger partial charge in [0.05, 0.1) is 0 Å². The minimum atomic E-state index is -0.730. The highest BCUT2D eigenvalue weighted by molar-refractivity contribution is 6.07. The highest BCUT2D eigenvalue weighted by atomic mass is 16.5. The lowest BCUT2D eigenvalue weighted by Gasteiger charge is -2.19. The number of hydrogen-bond acceptors (Lipinski definition) is 5. The van der Waals surface area contributed by atoms with Crippen molar-refractivity contribution in [3.63, 3.8) is 0 Å². The fourth-order valence-corrected chi connectivity index (χ4v) is 3.63. The lowest BCUT2D eigenvalue weighted by Crippen LogP contribution is -2.44. The Hall–Kier alpha value is -2.90. The summed E-state index contributed by atoms with van der Waals surface area (Å²) in [6.45, 7) is 1.73. The number of aryl methyl sites for hydroxylation is 1. The van der Waals surface area contributed by atoms with E-state index < -0.39 is 23.4 Å². The number of imide groups is 1. The number of urea groups is 1. The number of nitrogens with zero attached hydrogens (tertiary/aromatic N) is 1. The van der Waals surface area contributed by atoms with Gasteiger partial charge in [-0.05, 0) is 38.3 Å². The van der Waals surface area contributed by atoms with Gasteiger partial charge in [0.1, 0.15) is 5.54 Å². The molecule has 28 heavy (non-hydrogen) atoms. The molecule has 1 heterocycles. The Morgan fingerprint density at radius 1 is 1.18 bits per heavy atom. The van der Waals surface area contributed by atoms with Gasteiger partial charge in [0.25, 0.3) is 11.8 Å². The molecule has 1 aliphatic carbocycles. The molecule has 150 valence electrons. The molecule has 1 saturated heterocycles. The van der Waals surface area contributed by atoms with Crippen LogP contribution in [0.25, 0.3) is 0 Å². The van der Waals surface area contributed by atoms with Crippen LogP contribution in [0.4, 0.5) is 10.5 Å². The molecule has 2 N–H and O–H groups in total. The first-order valence-corrected chi connectivity index (χ1v) is 9.56. The summed E-state index contributed by atoms with van der Waals surface area (Å²) >= 11 is 0. The van der Waals surface area contributed by atoms with Crippen LogP contribution in [0.2, 0.25) is 0 Å². The molecule has 3 rings (SSSR count). The third kappa shape index (κ3) is 4.49. The van der Waals surface area contributed by atoms with Crippen LogP contribution in [0.3, 0.4) is 0 Å². The molecule has 1 aromatic carbocycles. The van der Waals surface area contributed by atoms with Gasteiger partial charge in [-0.15, -0.1) is 0 Å². The summed E-state index contributed by atoms with van der Waals surface area (Å²) in [5, 5.41) is 5.45. The molecule has 0 radical (unpaired) electrons.